The minimum atomic E-state index is -3.65. The van der Waals surface area contributed by atoms with Gasteiger partial charge in [0.2, 0.25) is 10.0 Å². The SMILES string of the molecule is O=C(O)COCCCCC1=CCC[C@@H]1CNS(=O)(=O)c1ccc(F)cc1. The second-order valence-electron chi connectivity index (χ2n) is 6.26. The number of benzene rings is 1. The monoisotopic (exact) mass is 385 g/mol. The molecule has 26 heavy (non-hydrogen) atoms. The highest BCUT2D eigenvalue weighted by atomic mass is 32.2. The first-order valence-corrected chi connectivity index (χ1v) is 10.1. The smallest absolute Gasteiger partial charge is 0.329 e. The van der Waals surface area contributed by atoms with E-state index in [4.69, 9.17) is 9.84 Å². The summed E-state index contributed by atoms with van der Waals surface area (Å²) in [6.45, 7) is 0.443. The first kappa shape index (κ1) is 20.5. The number of ether oxygens (including phenoxy) is 1. The van der Waals surface area contributed by atoms with Gasteiger partial charge in [0.1, 0.15) is 12.4 Å². The highest BCUT2D eigenvalue weighted by molar-refractivity contribution is 7.89. The van der Waals surface area contributed by atoms with Crippen molar-refractivity contribution in [2.24, 2.45) is 5.92 Å². The second kappa shape index (κ2) is 9.80. The van der Waals surface area contributed by atoms with Gasteiger partial charge in [-0.15, -0.1) is 0 Å². The predicted octanol–water partition coefficient (Wildman–Crippen LogP) is 2.71. The third-order valence-electron chi connectivity index (χ3n) is 4.32. The van der Waals surface area contributed by atoms with Crippen LogP contribution in [0.4, 0.5) is 4.39 Å². The number of hydrogen-bond acceptors (Lipinski definition) is 4. The van der Waals surface area contributed by atoms with Gasteiger partial charge in [-0.25, -0.2) is 22.3 Å². The molecule has 8 heteroatoms. The van der Waals surface area contributed by atoms with Crippen LogP contribution in [0, 0.1) is 11.7 Å². The molecule has 0 amide bonds. The average molecular weight is 385 g/mol. The van der Waals surface area contributed by atoms with E-state index >= 15 is 0 Å². The number of carboxylic acids is 1. The number of allylic oxidation sites excluding steroid dienone is 1. The standard InChI is InChI=1S/C18H24FNO5S/c19-16-7-9-17(10-8-16)26(23,24)20-12-15-6-3-5-14(15)4-1-2-11-25-13-18(21)22/h5,7-10,15,20H,1-4,6,11-13H2,(H,21,22)/t15-/m1/s1. The molecule has 1 aliphatic rings. The minimum absolute atomic E-state index is 0.0537. The van der Waals surface area contributed by atoms with Gasteiger partial charge in [-0.3, -0.25) is 0 Å². The van der Waals surface area contributed by atoms with E-state index in [1.807, 2.05) is 0 Å². The number of halogens is 1. The Hall–Kier alpha value is -1.77. The van der Waals surface area contributed by atoms with Crippen molar-refractivity contribution in [1.29, 1.82) is 0 Å². The molecule has 0 radical (unpaired) electrons. The topological polar surface area (TPSA) is 92.7 Å². The Labute approximate surface area is 153 Å². The number of nitrogens with one attached hydrogen (secondary N) is 1. The van der Waals surface area contributed by atoms with Crippen LogP contribution in [0.15, 0.2) is 40.8 Å². The maximum Gasteiger partial charge on any atom is 0.329 e. The van der Waals surface area contributed by atoms with E-state index in [0.717, 1.165) is 44.2 Å². The molecule has 1 aromatic carbocycles. The number of aliphatic carboxylic acids is 1. The van der Waals surface area contributed by atoms with E-state index in [9.17, 15) is 17.6 Å². The third kappa shape index (κ3) is 6.51. The molecule has 0 aliphatic heterocycles. The van der Waals surface area contributed by atoms with Crippen molar-refractivity contribution in [3.63, 3.8) is 0 Å². The van der Waals surface area contributed by atoms with Gasteiger partial charge in [-0.2, -0.15) is 0 Å². The molecule has 0 heterocycles. The largest absolute Gasteiger partial charge is 0.480 e. The number of sulfonamides is 1. The Bertz CT molecular complexity index is 730. The highest BCUT2D eigenvalue weighted by Gasteiger charge is 2.22. The van der Waals surface area contributed by atoms with Gasteiger partial charge in [-0.1, -0.05) is 11.6 Å². The molecule has 0 saturated heterocycles. The summed E-state index contributed by atoms with van der Waals surface area (Å²) >= 11 is 0. The van der Waals surface area contributed by atoms with Crippen molar-refractivity contribution in [2.75, 3.05) is 19.8 Å². The fraction of sp³-hybridized carbons (Fsp3) is 0.500. The second-order valence-corrected chi connectivity index (χ2v) is 8.03. The van der Waals surface area contributed by atoms with Crippen LogP contribution in [0.25, 0.3) is 0 Å². The number of rotatable bonds is 11. The normalized spacial score (nSPS) is 17.3. The zero-order chi connectivity index (χ0) is 19.0. The van der Waals surface area contributed by atoms with Crippen LogP contribution in [-0.2, 0) is 19.6 Å². The lowest BCUT2D eigenvalue weighted by molar-refractivity contribution is -0.142. The van der Waals surface area contributed by atoms with Gasteiger partial charge in [0.05, 0.1) is 4.90 Å². The van der Waals surface area contributed by atoms with E-state index in [2.05, 4.69) is 10.8 Å². The summed E-state index contributed by atoms with van der Waals surface area (Å²) in [4.78, 5) is 10.4. The molecular formula is C18H24FNO5S. The van der Waals surface area contributed by atoms with Crippen molar-refractivity contribution < 1.29 is 27.4 Å². The molecule has 0 aromatic heterocycles. The van der Waals surface area contributed by atoms with Crippen LogP contribution in [0.3, 0.4) is 0 Å². The lowest BCUT2D eigenvalue weighted by Gasteiger charge is -2.16. The molecule has 0 unspecified atom stereocenters. The van der Waals surface area contributed by atoms with E-state index < -0.39 is 21.8 Å². The molecule has 2 N–H and O–H groups in total. The number of hydrogen-bond donors (Lipinski definition) is 2. The van der Waals surface area contributed by atoms with E-state index in [0.29, 0.717) is 13.2 Å². The van der Waals surface area contributed by atoms with E-state index in [1.54, 1.807) is 0 Å². The molecule has 1 aromatic rings. The van der Waals surface area contributed by atoms with Crippen molar-refractivity contribution in [3.8, 4) is 0 Å². The van der Waals surface area contributed by atoms with Crippen molar-refractivity contribution in [3.05, 3.63) is 41.7 Å². The lowest BCUT2D eigenvalue weighted by atomic mass is 9.97. The Morgan fingerprint density at radius 3 is 2.69 bits per heavy atom. The fourth-order valence-electron chi connectivity index (χ4n) is 2.96. The van der Waals surface area contributed by atoms with Crippen LogP contribution in [0.2, 0.25) is 0 Å². The number of carboxylic acid groups (broad SMARTS) is 1. The van der Waals surface area contributed by atoms with Gasteiger partial charge < -0.3 is 9.84 Å². The van der Waals surface area contributed by atoms with Gasteiger partial charge in [0.25, 0.3) is 0 Å². The maximum atomic E-state index is 12.9. The molecule has 1 aliphatic carbocycles. The Morgan fingerprint density at radius 1 is 1.27 bits per heavy atom. The van der Waals surface area contributed by atoms with Crippen LogP contribution in [0.5, 0.6) is 0 Å². The van der Waals surface area contributed by atoms with Crippen LogP contribution < -0.4 is 4.72 Å². The lowest BCUT2D eigenvalue weighted by Crippen LogP contribution is -2.29. The van der Waals surface area contributed by atoms with Gasteiger partial charge in [0, 0.05) is 13.2 Å². The summed E-state index contributed by atoms with van der Waals surface area (Å²) in [6, 6.07) is 4.75. The molecule has 144 valence electrons. The Kier molecular flexibility index (Phi) is 7.74. The summed E-state index contributed by atoms with van der Waals surface area (Å²) in [6.07, 6.45) is 6.45. The minimum Gasteiger partial charge on any atom is -0.480 e. The summed E-state index contributed by atoms with van der Waals surface area (Å²) in [5, 5.41) is 8.49. The molecule has 1 atom stereocenters. The Balaban J connectivity index is 1.75. The molecule has 6 nitrogen and oxygen atoms in total. The Morgan fingerprint density at radius 2 is 2.00 bits per heavy atom. The molecule has 0 saturated carbocycles. The van der Waals surface area contributed by atoms with E-state index in [-0.39, 0.29) is 17.4 Å². The van der Waals surface area contributed by atoms with Crippen LogP contribution in [0.1, 0.15) is 32.1 Å². The summed E-state index contributed by atoms with van der Waals surface area (Å²) in [7, 11) is -3.65. The predicted molar refractivity (Wildman–Crippen MR) is 94.7 cm³/mol. The van der Waals surface area contributed by atoms with Gasteiger partial charge in [-0.05, 0) is 62.3 Å². The maximum absolute atomic E-state index is 12.9. The third-order valence-corrected chi connectivity index (χ3v) is 5.76. The fourth-order valence-corrected chi connectivity index (χ4v) is 4.04. The zero-order valence-corrected chi connectivity index (χ0v) is 15.3. The summed E-state index contributed by atoms with van der Waals surface area (Å²) in [5.74, 6) is -1.29. The molecule has 2 rings (SSSR count). The molecule has 0 bridgehead atoms. The van der Waals surface area contributed by atoms with E-state index in [1.165, 1.54) is 17.7 Å². The summed E-state index contributed by atoms with van der Waals surface area (Å²) in [5.41, 5.74) is 1.23. The first-order valence-electron chi connectivity index (χ1n) is 8.62. The van der Waals surface area contributed by atoms with Crippen LogP contribution >= 0.6 is 0 Å². The number of carbonyl (C=O) groups is 1. The zero-order valence-electron chi connectivity index (χ0n) is 14.5. The summed E-state index contributed by atoms with van der Waals surface area (Å²) < 4.78 is 45.1. The highest BCUT2D eigenvalue weighted by Crippen LogP contribution is 2.29. The van der Waals surface area contributed by atoms with Gasteiger partial charge >= 0.3 is 5.97 Å². The van der Waals surface area contributed by atoms with Crippen molar-refractivity contribution >= 4 is 16.0 Å². The van der Waals surface area contributed by atoms with Crippen molar-refractivity contribution in [1.82, 2.24) is 4.72 Å². The molecule has 0 spiro atoms. The number of unbranched alkanes of at least 4 members (excludes halogenated alkanes) is 1. The van der Waals surface area contributed by atoms with Crippen LogP contribution in [-0.4, -0.2) is 39.3 Å². The average Bonchev–Trinajstić information content (AvgIpc) is 3.04. The quantitative estimate of drug-likeness (QED) is 0.451. The van der Waals surface area contributed by atoms with Crippen molar-refractivity contribution in [2.45, 2.75) is 37.0 Å². The first-order chi connectivity index (χ1) is 12.4. The molecular weight excluding hydrogens is 361 g/mol. The molecule has 0 fully saturated rings. The van der Waals surface area contributed by atoms with Gasteiger partial charge in [0.15, 0.2) is 0 Å².